The molecule has 22 heavy (non-hydrogen) atoms. The number of nitrogens with one attached hydrogen (secondary N) is 1. The maximum absolute atomic E-state index is 12.5. The molecule has 0 radical (unpaired) electrons. The topological polar surface area (TPSA) is 49.4 Å². The van der Waals surface area contributed by atoms with Crippen LogP contribution in [-0.2, 0) is 11.3 Å². The molecular weight excluding hydrogens is 276 g/mol. The van der Waals surface area contributed by atoms with E-state index >= 15 is 0 Å². The van der Waals surface area contributed by atoms with Crippen LogP contribution >= 0.6 is 0 Å². The summed E-state index contributed by atoms with van der Waals surface area (Å²) in [7, 11) is 0. The van der Waals surface area contributed by atoms with Crippen LogP contribution in [-0.4, -0.2) is 29.8 Å². The van der Waals surface area contributed by atoms with Gasteiger partial charge in [-0.25, -0.2) is 0 Å². The molecule has 0 bridgehead atoms. The van der Waals surface area contributed by atoms with Crippen LogP contribution in [0.3, 0.4) is 0 Å². The lowest BCUT2D eigenvalue weighted by molar-refractivity contribution is -0.122. The van der Waals surface area contributed by atoms with Gasteiger partial charge in [0.1, 0.15) is 0 Å². The van der Waals surface area contributed by atoms with Crippen molar-refractivity contribution in [1.82, 2.24) is 10.2 Å². The Bertz CT molecular complexity index is 500. The van der Waals surface area contributed by atoms with E-state index in [-0.39, 0.29) is 17.7 Å². The maximum Gasteiger partial charge on any atom is 0.253 e. The Kier molecular flexibility index (Phi) is 5.99. The maximum atomic E-state index is 12.5. The van der Waals surface area contributed by atoms with Gasteiger partial charge in [-0.15, -0.1) is 0 Å². The summed E-state index contributed by atoms with van der Waals surface area (Å²) < 4.78 is 0. The van der Waals surface area contributed by atoms with Crippen LogP contribution in [0.1, 0.15) is 55.5 Å². The highest BCUT2D eigenvalue weighted by atomic mass is 16.2. The van der Waals surface area contributed by atoms with Gasteiger partial charge in [0.25, 0.3) is 5.91 Å². The molecule has 4 heteroatoms. The van der Waals surface area contributed by atoms with Gasteiger partial charge in [0, 0.05) is 31.1 Å². The standard InChI is InChI=1S/C18H26N2O2/c1-3-11-20(12-4-2)18(22)16-7-5-14(6-8-16)13-19-17(21)15-9-10-15/h5-8,15H,3-4,9-13H2,1-2H3,(H,19,21). The first-order valence-corrected chi connectivity index (χ1v) is 8.31. The van der Waals surface area contributed by atoms with Gasteiger partial charge in [0.05, 0.1) is 0 Å². The summed E-state index contributed by atoms with van der Waals surface area (Å²) in [6.45, 7) is 6.30. The van der Waals surface area contributed by atoms with E-state index in [0.717, 1.165) is 49.9 Å². The van der Waals surface area contributed by atoms with E-state index in [1.165, 1.54) is 0 Å². The van der Waals surface area contributed by atoms with Crippen molar-refractivity contribution in [2.24, 2.45) is 5.92 Å². The number of hydrogen-bond donors (Lipinski definition) is 1. The predicted molar refractivity (Wildman–Crippen MR) is 87.5 cm³/mol. The molecule has 120 valence electrons. The summed E-state index contributed by atoms with van der Waals surface area (Å²) in [4.78, 5) is 26.0. The molecule has 1 fully saturated rings. The Morgan fingerprint density at radius 2 is 1.68 bits per heavy atom. The molecule has 1 aromatic rings. The summed E-state index contributed by atoms with van der Waals surface area (Å²) >= 11 is 0. The molecule has 1 aromatic carbocycles. The number of rotatable bonds is 8. The normalized spacial score (nSPS) is 13.7. The lowest BCUT2D eigenvalue weighted by Crippen LogP contribution is -2.32. The molecule has 2 amide bonds. The Hall–Kier alpha value is -1.84. The third kappa shape index (κ3) is 4.58. The number of hydrogen-bond acceptors (Lipinski definition) is 2. The molecular formula is C18H26N2O2. The van der Waals surface area contributed by atoms with Crippen LogP contribution in [0.2, 0.25) is 0 Å². The van der Waals surface area contributed by atoms with Crippen LogP contribution in [0.4, 0.5) is 0 Å². The van der Waals surface area contributed by atoms with E-state index < -0.39 is 0 Å². The van der Waals surface area contributed by atoms with Gasteiger partial charge in [-0.1, -0.05) is 26.0 Å². The lowest BCUT2D eigenvalue weighted by Gasteiger charge is -2.21. The van der Waals surface area contributed by atoms with Crippen LogP contribution in [0.15, 0.2) is 24.3 Å². The fraction of sp³-hybridized carbons (Fsp3) is 0.556. The SMILES string of the molecule is CCCN(CCC)C(=O)c1ccc(CNC(=O)C2CC2)cc1. The summed E-state index contributed by atoms with van der Waals surface area (Å²) in [6.07, 6.45) is 3.97. The predicted octanol–water partition coefficient (Wildman–Crippen LogP) is 2.98. The van der Waals surface area contributed by atoms with Gasteiger partial charge in [0.2, 0.25) is 5.91 Å². The molecule has 1 aliphatic carbocycles. The highest BCUT2D eigenvalue weighted by Crippen LogP contribution is 2.28. The van der Waals surface area contributed by atoms with Crippen LogP contribution in [0.5, 0.6) is 0 Å². The average Bonchev–Trinajstić information content (AvgIpc) is 3.37. The van der Waals surface area contributed by atoms with Crippen molar-refractivity contribution in [2.45, 2.75) is 46.1 Å². The zero-order chi connectivity index (χ0) is 15.9. The summed E-state index contributed by atoms with van der Waals surface area (Å²) in [5.41, 5.74) is 1.75. The number of nitrogens with zero attached hydrogens (tertiary/aromatic N) is 1. The largest absolute Gasteiger partial charge is 0.352 e. The second-order valence-electron chi connectivity index (χ2n) is 5.98. The van der Waals surface area contributed by atoms with Gasteiger partial charge in [-0.3, -0.25) is 9.59 Å². The van der Waals surface area contributed by atoms with Crippen molar-refractivity contribution >= 4 is 11.8 Å². The molecule has 0 aliphatic heterocycles. The number of benzene rings is 1. The van der Waals surface area contributed by atoms with E-state index in [1.54, 1.807) is 0 Å². The second-order valence-corrected chi connectivity index (χ2v) is 5.98. The van der Waals surface area contributed by atoms with Gasteiger partial charge in [-0.05, 0) is 43.4 Å². The van der Waals surface area contributed by atoms with Gasteiger partial charge >= 0.3 is 0 Å². The van der Waals surface area contributed by atoms with E-state index in [2.05, 4.69) is 19.2 Å². The molecule has 0 atom stereocenters. The van der Waals surface area contributed by atoms with Crippen molar-refractivity contribution in [2.75, 3.05) is 13.1 Å². The first kappa shape index (κ1) is 16.5. The fourth-order valence-corrected chi connectivity index (χ4v) is 2.48. The molecule has 1 saturated carbocycles. The van der Waals surface area contributed by atoms with Crippen LogP contribution < -0.4 is 5.32 Å². The first-order chi connectivity index (χ1) is 10.7. The molecule has 0 saturated heterocycles. The second kappa shape index (κ2) is 7.97. The smallest absolute Gasteiger partial charge is 0.253 e. The summed E-state index contributed by atoms with van der Waals surface area (Å²) in [5, 5.41) is 2.94. The van der Waals surface area contributed by atoms with Crippen LogP contribution in [0, 0.1) is 5.92 Å². The molecule has 0 aromatic heterocycles. The molecule has 1 N–H and O–H groups in total. The Morgan fingerprint density at radius 3 is 2.18 bits per heavy atom. The number of carbonyl (C=O) groups excluding carboxylic acids is 2. The van der Waals surface area contributed by atoms with Gasteiger partial charge in [0.15, 0.2) is 0 Å². The third-order valence-electron chi connectivity index (χ3n) is 3.89. The van der Waals surface area contributed by atoms with E-state index in [0.29, 0.717) is 6.54 Å². The molecule has 0 spiro atoms. The van der Waals surface area contributed by atoms with Gasteiger partial charge in [-0.2, -0.15) is 0 Å². The van der Waals surface area contributed by atoms with E-state index in [9.17, 15) is 9.59 Å². The highest BCUT2D eigenvalue weighted by molar-refractivity contribution is 5.94. The fourth-order valence-electron chi connectivity index (χ4n) is 2.48. The minimum absolute atomic E-state index is 0.0947. The average molecular weight is 302 g/mol. The van der Waals surface area contributed by atoms with Crippen molar-refractivity contribution in [1.29, 1.82) is 0 Å². The molecule has 2 rings (SSSR count). The zero-order valence-electron chi connectivity index (χ0n) is 13.6. The van der Waals surface area contributed by atoms with E-state index in [4.69, 9.17) is 0 Å². The highest BCUT2D eigenvalue weighted by Gasteiger charge is 2.29. The number of carbonyl (C=O) groups is 2. The Morgan fingerprint density at radius 1 is 1.09 bits per heavy atom. The minimum atomic E-state index is 0.0947. The van der Waals surface area contributed by atoms with E-state index in [1.807, 2.05) is 29.2 Å². The molecule has 4 nitrogen and oxygen atoms in total. The van der Waals surface area contributed by atoms with Crippen molar-refractivity contribution in [3.8, 4) is 0 Å². The Labute approximate surface area is 132 Å². The van der Waals surface area contributed by atoms with Crippen molar-refractivity contribution < 1.29 is 9.59 Å². The van der Waals surface area contributed by atoms with Crippen molar-refractivity contribution in [3.05, 3.63) is 35.4 Å². The quantitative estimate of drug-likeness (QED) is 0.802. The first-order valence-electron chi connectivity index (χ1n) is 8.31. The monoisotopic (exact) mass is 302 g/mol. The minimum Gasteiger partial charge on any atom is -0.352 e. The molecule has 0 heterocycles. The number of amides is 2. The Balaban J connectivity index is 1.91. The third-order valence-corrected chi connectivity index (χ3v) is 3.89. The lowest BCUT2D eigenvalue weighted by atomic mass is 10.1. The van der Waals surface area contributed by atoms with Crippen molar-refractivity contribution in [3.63, 3.8) is 0 Å². The van der Waals surface area contributed by atoms with Gasteiger partial charge < -0.3 is 10.2 Å². The molecule has 0 unspecified atom stereocenters. The zero-order valence-corrected chi connectivity index (χ0v) is 13.6. The summed E-state index contributed by atoms with van der Waals surface area (Å²) in [5.74, 6) is 0.479. The summed E-state index contributed by atoms with van der Waals surface area (Å²) in [6, 6.07) is 7.57. The molecule has 1 aliphatic rings. The van der Waals surface area contributed by atoms with Crippen LogP contribution in [0.25, 0.3) is 0 Å².